The van der Waals surface area contributed by atoms with Crippen LogP contribution in [0.15, 0.2) is 49.2 Å². The number of halogens is 1. The number of amides is 1. The highest BCUT2D eigenvalue weighted by molar-refractivity contribution is 6.33. The van der Waals surface area contributed by atoms with Gasteiger partial charge in [0.2, 0.25) is 5.95 Å². The zero-order chi connectivity index (χ0) is 29.6. The first kappa shape index (κ1) is 28.8. The molecule has 0 atom stereocenters. The van der Waals surface area contributed by atoms with E-state index in [1.807, 2.05) is 29.9 Å². The number of rotatable bonds is 8. The zero-order valence-corrected chi connectivity index (χ0v) is 24.2. The molecule has 1 aliphatic carbocycles. The van der Waals surface area contributed by atoms with Gasteiger partial charge in [-0.3, -0.25) is 4.90 Å². The molecule has 42 heavy (non-hydrogen) atoms. The first-order chi connectivity index (χ1) is 20.4. The van der Waals surface area contributed by atoms with Gasteiger partial charge in [0.1, 0.15) is 17.6 Å². The number of nitrogens with one attached hydrogen (secondary N) is 1. The lowest BCUT2D eigenvalue weighted by Gasteiger charge is -2.35. The van der Waals surface area contributed by atoms with Crippen molar-refractivity contribution in [3.05, 3.63) is 59.8 Å². The van der Waals surface area contributed by atoms with Crippen molar-refractivity contribution in [2.45, 2.75) is 44.7 Å². The van der Waals surface area contributed by atoms with E-state index in [0.717, 1.165) is 36.8 Å². The Morgan fingerprint density at radius 2 is 1.83 bits per heavy atom. The molecule has 12 nitrogen and oxygen atoms in total. The van der Waals surface area contributed by atoms with E-state index in [9.17, 15) is 10.1 Å². The van der Waals surface area contributed by atoms with E-state index in [0.29, 0.717) is 33.7 Å². The molecule has 1 fully saturated rings. The number of carbonyl (C=O) groups excluding carboxylic acids is 1. The van der Waals surface area contributed by atoms with Crippen LogP contribution in [0.1, 0.15) is 38.2 Å². The second kappa shape index (κ2) is 12.8. The minimum Gasteiger partial charge on any atom is -0.467 e. The fourth-order valence-corrected chi connectivity index (χ4v) is 5.33. The number of hydrogen-bond acceptors (Lipinski definition) is 10. The molecule has 0 radical (unpaired) electrons. The maximum absolute atomic E-state index is 13.1. The molecule has 5 rings (SSSR count). The van der Waals surface area contributed by atoms with E-state index < -0.39 is 6.09 Å². The number of hydrogen-bond donors (Lipinski definition) is 1. The van der Waals surface area contributed by atoms with Crippen molar-refractivity contribution in [3.8, 4) is 34.6 Å². The summed E-state index contributed by atoms with van der Waals surface area (Å²) in [7, 11) is 3.36. The second-order valence-electron chi connectivity index (χ2n) is 9.77. The van der Waals surface area contributed by atoms with Crippen LogP contribution >= 0.6 is 11.6 Å². The van der Waals surface area contributed by atoms with E-state index in [4.69, 9.17) is 21.1 Å². The number of ether oxygens (including phenoxy) is 2. The molecule has 0 saturated heterocycles. The lowest BCUT2D eigenvalue weighted by Crippen LogP contribution is -2.45. The Hall–Kier alpha value is -4.76. The number of aryl methyl sites for hydroxylation is 1. The minimum absolute atomic E-state index is 0.0837. The first-order valence-electron chi connectivity index (χ1n) is 13.5. The number of methoxy groups -OCH3 is 1. The SMILES string of the molecule is CCOC(=O)N(c1ccc(-c2cnc(OC)nc2)cn1)C1CCC(Nc2ncc(C#N)c(-c3c(Cl)ccn3C)n2)CC1. The highest BCUT2D eigenvalue weighted by Crippen LogP contribution is 2.32. The van der Waals surface area contributed by atoms with Gasteiger partial charge in [-0.15, -0.1) is 0 Å². The van der Waals surface area contributed by atoms with Crippen molar-refractivity contribution in [1.82, 2.24) is 29.5 Å². The smallest absolute Gasteiger partial charge is 0.415 e. The minimum atomic E-state index is -0.429. The molecule has 0 unspecified atom stereocenters. The van der Waals surface area contributed by atoms with Crippen molar-refractivity contribution in [3.63, 3.8) is 0 Å². The summed E-state index contributed by atoms with van der Waals surface area (Å²) >= 11 is 6.38. The average molecular weight is 588 g/mol. The summed E-state index contributed by atoms with van der Waals surface area (Å²) < 4.78 is 12.3. The average Bonchev–Trinajstić information content (AvgIpc) is 3.35. The molecule has 1 N–H and O–H groups in total. The molecule has 1 aliphatic rings. The van der Waals surface area contributed by atoms with Gasteiger partial charge in [0.15, 0.2) is 0 Å². The zero-order valence-electron chi connectivity index (χ0n) is 23.5. The van der Waals surface area contributed by atoms with Crippen molar-refractivity contribution >= 4 is 29.5 Å². The molecular formula is C29H30ClN9O3. The van der Waals surface area contributed by atoms with Crippen molar-refractivity contribution in [2.75, 3.05) is 23.9 Å². The maximum atomic E-state index is 13.1. The molecule has 0 aromatic carbocycles. The molecule has 0 aliphatic heterocycles. The number of carbonyl (C=O) groups is 1. The van der Waals surface area contributed by atoms with E-state index in [1.165, 1.54) is 13.3 Å². The van der Waals surface area contributed by atoms with Crippen LogP contribution in [0.2, 0.25) is 5.02 Å². The number of nitriles is 1. The van der Waals surface area contributed by atoms with Crippen LogP contribution in [0.25, 0.3) is 22.5 Å². The van der Waals surface area contributed by atoms with Crippen LogP contribution < -0.4 is 15.0 Å². The van der Waals surface area contributed by atoms with Gasteiger partial charge in [-0.1, -0.05) is 11.6 Å². The Labute approximate surface area is 248 Å². The van der Waals surface area contributed by atoms with E-state index in [-0.39, 0.29) is 24.7 Å². The monoisotopic (exact) mass is 587 g/mol. The van der Waals surface area contributed by atoms with Crippen molar-refractivity contribution in [1.29, 1.82) is 5.26 Å². The summed E-state index contributed by atoms with van der Waals surface area (Å²) in [4.78, 5) is 36.6. The predicted octanol–water partition coefficient (Wildman–Crippen LogP) is 5.25. The summed E-state index contributed by atoms with van der Waals surface area (Å²) in [6.07, 6.45) is 10.9. The molecule has 4 heterocycles. The Balaban J connectivity index is 1.29. The van der Waals surface area contributed by atoms with Gasteiger partial charge in [-0.05, 0) is 50.8 Å². The molecule has 0 spiro atoms. The van der Waals surface area contributed by atoms with Crippen LogP contribution in [-0.2, 0) is 11.8 Å². The summed E-state index contributed by atoms with van der Waals surface area (Å²) in [6.45, 7) is 2.04. The molecular weight excluding hydrogens is 558 g/mol. The standard InChI is InChI=1S/C29H30ClN9O3/c1-4-42-29(40)39(24-10-5-18(14-32-24)20-16-34-28(41-3)35-17-20)22-8-6-21(7-9-22)36-27-33-15-19(13-31)25(37-27)26-23(30)11-12-38(26)2/h5,10-12,14-17,21-22H,4,6-9H2,1-3H3,(H,33,36,37). The number of anilines is 2. The van der Waals surface area contributed by atoms with Gasteiger partial charge < -0.3 is 19.4 Å². The van der Waals surface area contributed by atoms with E-state index >= 15 is 0 Å². The molecule has 0 bridgehead atoms. The molecule has 13 heteroatoms. The molecule has 1 saturated carbocycles. The lowest BCUT2D eigenvalue weighted by atomic mass is 9.90. The Morgan fingerprint density at radius 1 is 1.10 bits per heavy atom. The van der Waals surface area contributed by atoms with Crippen LogP contribution in [0.3, 0.4) is 0 Å². The summed E-state index contributed by atoms with van der Waals surface area (Å²) in [5.74, 6) is 0.939. The Morgan fingerprint density at radius 3 is 2.43 bits per heavy atom. The largest absolute Gasteiger partial charge is 0.467 e. The van der Waals surface area contributed by atoms with Gasteiger partial charge in [-0.2, -0.15) is 5.26 Å². The predicted molar refractivity (Wildman–Crippen MR) is 157 cm³/mol. The molecule has 4 aromatic heterocycles. The molecule has 4 aromatic rings. The van der Waals surface area contributed by atoms with Gasteiger partial charge in [0.25, 0.3) is 0 Å². The summed E-state index contributed by atoms with van der Waals surface area (Å²) in [5, 5.41) is 13.5. The van der Waals surface area contributed by atoms with Crippen molar-refractivity contribution < 1.29 is 14.3 Å². The Kier molecular flexibility index (Phi) is 8.78. The number of pyridine rings is 1. The van der Waals surface area contributed by atoms with Crippen molar-refractivity contribution in [2.24, 2.45) is 7.05 Å². The lowest BCUT2D eigenvalue weighted by molar-refractivity contribution is 0.154. The van der Waals surface area contributed by atoms with Gasteiger partial charge in [0, 0.05) is 55.0 Å². The normalized spacial score (nSPS) is 16.4. The highest BCUT2D eigenvalue weighted by atomic mass is 35.5. The second-order valence-corrected chi connectivity index (χ2v) is 10.2. The fourth-order valence-electron chi connectivity index (χ4n) is 5.05. The first-order valence-corrected chi connectivity index (χ1v) is 13.9. The Bertz CT molecular complexity index is 1560. The third-order valence-electron chi connectivity index (χ3n) is 7.16. The quantitative estimate of drug-likeness (QED) is 0.290. The van der Waals surface area contributed by atoms with E-state index in [2.05, 4.69) is 36.3 Å². The molecule has 1 amide bonds. The number of nitrogens with zero attached hydrogens (tertiary/aromatic N) is 8. The molecule has 216 valence electrons. The summed E-state index contributed by atoms with van der Waals surface area (Å²) in [6, 6.07) is 7.88. The van der Waals surface area contributed by atoms with Crippen LogP contribution in [0.5, 0.6) is 6.01 Å². The third kappa shape index (κ3) is 6.11. The van der Waals surface area contributed by atoms with Crippen LogP contribution in [0.4, 0.5) is 16.6 Å². The van der Waals surface area contributed by atoms with Gasteiger partial charge >= 0.3 is 12.1 Å². The van der Waals surface area contributed by atoms with Crippen LogP contribution in [-0.4, -0.2) is 61.4 Å². The fraction of sp³-hybridized carbons (Fsp3) is 0.345. The van der Waals surface area contributed by atoms with Crippen LogP contribution in [0, 0.1) is 11.3 Å². The number of aromatic nitrogens is 6. The van der Waals surface area contributed by atoms with Gasteiger partial charge in [-0.25, -0.2) is 29.7 Å². The van der Waals surface area contributed by atoms with E-state index in [1.54, 1.807) is 36.5 Å². The maximum Gasteiger partial charge on any atom is 0.415 e. The topological polar surface area (TPSA) is 144 Å². The van der Waals surface area contributed by atoms with Gasteiger partial charge in [0.05, 0.1) is 36.2 Å². The third-order valence-corrected chi connectivity index (χ3v) is 7.46. The summed E-state index contributed by atoms with van der Waals surface area (Å²) in [5.41, 5.74) is 3.08. The highest BCUT2D eigenvalue weighted by Gasteiger charge is 2.32.